The monoisotopic (exact) mass is 251 g/mol. The zero-order chi connectivity index (χ0) is 13.7. The molecular formula is C13H21N3O2. The van der Waals surface area contributed by atoms with Crippen LogP contribution in [0.2, 0.25) is 0 Å². The molecule has 0 fully saturated rings. The minimum Gasteiger partial charge on any atom is -0.397 e. The Balaban J connectivity index is 2.81. The molecule has 18 heavy (non-hydrogen) atoms. The van der Waals surface area contributed by atoms with Crippen molar-refractivity contribution < 1.29 is 9.90 Å². The molecule has 0 saturated carbocycles. The number of hydrogen-bond acceptors (Lipinski definition) is 4. The Morgan fingerprint density at radius 1 is 1.56 bits per heavy atom. The molecule has 0 aliphatic rings. The van der Waals surface area contributed by atoms with Crippen LogP contribution in [0.3, 0.4) is 0 Å². The summed E-state index contributed by atoms with van der Waals surface area (Å²) in [7, 11) is 3.49. The van der Waals surface area contributed by atoms with Gasteiger partial charge in [0, 0.05) is 26.2 Å². The first-order valence-electron chi connectivity index (χ1n) is 5.96. The van der Waals surface area contributed by atoms with Crippen LogP contribution in [0.4, 0.5) is 11.4 Å². The lowest BCUT2D eigenvalue weighted by atomic mass is 10.1. The van der Waals surface area contributed by atoms with Crippen molar-refractivity contribution in [2.24, 2.45) is 0 Å². The van der Waals surface area contributed by atoms with E-state index in [9.17, 15) is 9.90 Å². The molecule has 0 saturated heterocycles. The smallest absolute Gasteiger partial charge is 0.251 e. The van der Waals surface area contributed by atoms with Crippen molar-refractivity contribution in [3.8, 4) is 0 Å². The van der Waals surface area contributed by atoms with Crippen LogP contribution in [-0.2, 0) is 0 Å². The number of nitrogens with one attached hydrogen (secondary N) is 1. The van der Waals surface area contributed by atoms with Gasteiger partial charge < -0.3 is 21.1 Å². The van der Waals surface area contributed by atoms with Crippen molar-refractivity contribution >= 4 is 17.3 Å². The van der Waals surface area contributed by atoms with Gasteiger partial charge in [0.2, 0.25) is 0 Å². The van der Waals surface area contributed by atoms with Crippen LogP contribution in [0.15, 0.2) is 18.2 Å². The van der Waals surface area contributed by atoms with Gasteiger partial charge in [0.25, 0.3) is 5.91 Å². The summed E-state index contributed by atoms with van der Waals surface area (Å²) >= 11 is 0. The highest BCUT2D eigenvalue weighted by molar-refractivity contribution is 5.95. The van der Waals surface area contributed by atoms with Gasteiger partial charge in [-0.2, -0.15) is 0 Å². The lowest BCUT2D eigenvalue weighted by Crippen LogP contribution is -2.23. The SMILES string of the molecule is CNC(=O)c1ccc(N(C)CCC(C)O)c(N)c1. The number of hydrogen-bond donors (Lipinski definition) is 3. The van der Waals surface area contributed by atoms with Gasteiger partial charge in [-0.3, -0.25) is 4.79 Å². The predicted octanol–water partition coefficient (Wildman–Crippen LogP) is 0.836. The summed E-state index contributed by atoms with van der Waals surface area (Å²) < 4.78 is 0. The molecule has 1 amide bonds. The molecule has 1 rings (SSSR count). The predicted molar refractivity (Wildman–Crippen MR) is 73.8 cm³/mol. The Morgan fingerprint density at radius 2 is 2.22 bits per heavy atom. The first-order valence-corrected chi connectivity index (χ1v) is 5.96. The number of carbonyl (C=O) groups is 1. The van der Waals surface area contributed by atoms with E-state index in [1.54, 1.807) is 26.1 Å². The number of benzene rings is 1. The minimum absolute atomic E-state index is 0.153. The van der Waals surface area contributed by atoms with E-state index in [1.165, 1.54) is 0 Å². The number of nitrogens with zero attached hydrogens (tertiary/aromatic N) is 1. The lowest BCUT2D eigenvalue weighted by Gasteiger charge is -2.22. The molecule has 0 aliphatic heterocycles. The zero-order valence-electron chi connectivity index (χ0n) is 11.1. The molecule has 0 aromatic heterocycles. The molecular weight excluding hydrogens is 230 g/mol. The number of carbonyl (C=O) groups excluding carboxylic acids is 1. The number of nitrogens with two attached hydrogens (primary N) is 1. The molecule has 1 aromatic carbocycles. The third-order valence-corrected chi connectivity index (χ3v) is 2.81. The Bertz CT molecular complexity index is 419. The lowest BCUT2D eigenvalue weighted by molar-refractivity contribution is 0.0963. The highest BCUT2D eigenvalue weighted by Gasteiger charge is 2.10. The van der Waals surface area contributed by atoms with E-state index in [0.29, 0.717) is 24.2 Å². The van der Waals surface area contributed by atoms with Crippen LogP contribution in [-0.4, -0.2) is 37.8 Å². The van der Waals surface area contributed by atoms with Crippen LogP contribution in [0.5, 0.6) is 0 Å². The largest absolute Gasteiger partial charge is 0.397 e. The quantitative estimate of drug-likeness (QED) is 0.677. The van der Waals surface area contributed by atoms with E-state index >= 15 is 0 Å². The second kappa shape index (κ2) is 6.26. The first kappa shape index (κ1) is 14.3. The molecule has 100 valence electrons. The van der Waals surface area contributed by atoms with E-state index in [0.717, 1.165) is 5.69 Å². The second-order valence-corrected chi connectivity index (χ2v) is 4.41. The van der Waals surface area contributed by atoms with E-state index < -0.39 is 0 Å². The van der Waals surface area contributed by atoms with Crippen LogP contribution >= 0.6 is 0 Å². The van der Waals surface area contributed by atoms with Gasteiger partial charge in [-0.1, -0.05) is 0 Å². The zero-order valence-corrected chi connectivity index (χ0v) is 11.1. The first-order chi connectivity index (χ1) is 8.45. The van der Waals surface area contributed by atoms with Gasteiger partial charge in [-0.15, -0.1) is 0 Å². The fraction of sp³-hybridized carbons (Fsp3) is 0.462. The normalized spacial score (nSPS) is 12.0. The summed E-state index contributed by atoms with van der Waals surface area (Å²) in [4.78, 5) is 13.4. The molecule has 5 nitrogen and oxygen atoms in total. The number of amides is 1. The van der Waals surface area contributed by atoms with Crippen molar-refractivity contribution in [3.63, 3.8) is 0 Å². The Kier molecular flexibility index (Phi) is 4.97. The van der Waals surface area contributed by atoms with E-state index in [4.69, 9.17) is 5.73 Å². The van der Waals surface area contributed by atoms with Crippen molar-refractivity contribution in [2.75, 3.05) is 31.3 Å². The van der Waals surface area contributed by atoms with Gasteiger partial charge in [-0.25, -0.2) is 0 Å². The van der Waals surface area contributed by atoms with Crippen LogP contribution < -0.4 is 16.0 Å². The molecule has 1 aromatic rings. The fourth-order valence-corrected chi connectivity index (χ4v) is 1.69. The van der Waals surface area contributed by atoms with Gasteiger partial charge >= 0.3 is 0 Å². The molecule has 0 heterocycles. The van der Waals surface area contributed by atoms with Crippen molar-refractivity contribution in [1.29, 1.82) is 0 Å². The molecule has 0 bridgehead atoms. The highest BCUT2D eigenvalue weighted by atomic mass is 16.3. The van der Waals surface area contributed by atoms with Crippen LogP contribution in [0.25, 0.3) is 0 Å². The van der Waals surface area contributed by atoms with E-state index in [2.05, 4.69) is 5.32 Å². The molecule has 0 spiro atoms. The van der Waals surface area contributed by atoms with Gasteiger partial charge in [0.05, 0.1) is 17.5 Å². The molecule has 0 radical (unpaired) electrons. The molecule has 0 aliphatic carbocycles. The topological polar surface area (TPSA) is 78.6 Å². The number of aliphatic hydroxyl groups excluding tert-OH is 1. The van der Waals surface area contributed by atoms with Crippen molar-refractivity contribution in [2.45, 2.75) is 19.4 Å². The third-order valence-electron chi connectivity index (χ3n) is 2.81. The maximum Gasteiger partial charge on any atom is 0.251 e. The van der Waals surface area contributed by atoms with E-state index in [-0.39, 0.29) is 12.0 Å². The van der Waals surface area contributed by atoms with Crippen molar-refractivity contribution in [3.05, 3.63) is 23.8 Å². The maximum absolute atomic E-state index is 11.4. The molecule has 5 heteroatoms. The highest BCUT2D eigenvalue weighted by Crippen LogP contribution is 2.23. The number of aliphatic hydroxyl groups is 1. The third kappa shape index (κ3) is 3.63. The van der Waals surface area contributed by atoms with Crippen LogP contribution in [0.1, 0.15) is 23.7 Å². The number of rotatable bonds is 5. The second-order valence-electron chi connectivity index (χ2n) is 4.41. The summed E-state index contributed by atoms with van der Waals surface area (Å²) in [5, 5.41) is 11.8. The summed E-state index contributed by atoms with van der Waals surface area (Å²) in [5.74, 6) is -0.153. The van der Waals surface area contributed by atoms with Gasteiger partial charge in [0.1, 0.15) is 0 Å². The Labute approximate surface area is 108 Å². The van der Waals surface area contributed by atoms with Crippen LogP contribution in [0, 0.1) is 0 Å². The fourth-order valence-electron chi connectivity index (χ4n) is 1.69. The molecule has 1 unspecified atom stereocenters. The average Bonchev–Trinajstić information content (AvgIpc) is 2.34. The average molecular weight is 251 g/mol. The van der Waals surface area contributed by atoms with Gasteiger partial charge in [0.15, 0.2) is 0 Å². The maximum atomic E-state index is 11.4. The number of nitrogen functional groups attached to an aromatic ring is 1. The Morgan fingerprint density at radius 3 is 2.72 bits per heavy atom. The molecule has 1 atom stereocenters. The van der Waals surface area contributed by atoms with Gasteiger partial charge in [-0.05, 0) is 31.5 Å². The summed E-state index contributed by atoms with van der Waals surface area (Å²) in [6, 6.07) is 5.22. The standard InChI is InChI=1S/C13H21N3O2/c1-9(17)6-7-16(3)12-5-4-10(8-11(12)14)13(18)15-2/h4-5,8-9,17H,6-7,14H2,1-3H3,(H,15,18). The minimum atomic E-state index is -0.334. The molecule has 4 N–H and O–H groups in total. The summed E-state index contributed by atoms with van der Waals surface area (Å²) in [6.07, 6.45) is 0.339. The summed E-state index contributed by atoms with van der Waals surface area (Å²) in [6.45, 7) is 2.47. The van der Waals surface area contributed by atoms with E-state index in [1.807, 2.05) is 18.0 Å². The summed E-state index contributed by atoms with van der Waals surface area (Å²) in [5.41, 5.74) is 7.90. The number of anilines is 2. The Hall–Kier alpha value is -1.75. The van der Waals surface area contributed by atoms with Crippen molar-refractivity contribution in [1.82, 2.24) is 5.32 Å².